The standard InChI is InChI=1S/C24H21N5O2/c1-14(29-24-19-12-6-11-18(23(26)31)21(19)27-13-28-24)16-9-5-10-17(20(16)25)22(30)15-7-3-2-4-8-15/h2-14H,25H2,1H3,(H2,26,31)(H,27,28,29). The molecule has 1 amide bonds. The predicted octanol–water partition coefficient (Wildman–Crippen LogP) is 3.72. The van der Waals surface area contributed by atoms with Crippen LogP contribution >= 0.6 is 0 Å². The molecular formula is C24H21N5O2. The maximum Gasteiger partial charge on any atom is 0.250 e. The van der Waals surface area contributed by atoms with E-state index < -0.39 is 5.91 Å². The topological polar surface area (TPSA) is 124 Å². The van der Waals surface area contributed by atoms with E-state index in [4.69, 9.17) is 11.5 Å². The van der Waals surface area contributed by atoms with Gasteiger partial charge in [0.25, 0.3) is 5.91 Å². The molecule has 31 heavy (non-hydrogen) atoms. The van der Waals surface area contributed by atoms with Crippen LogP contribution in [0.4, 0.5) is 11.5 Å². The quantitative estimate of drug-likeness (QED) is 0.328. The molecule has 0 fully saturated rings. The number of amides is 1. The van der Waals surface area contributed by atoms with Crippen LogP contribution < -0.4 is 16.8 Å². The number of hydrogen-bond acceptors (Lipinski definition) is 6. The van der Waals surface area contributed by atoms with E-state index in [0.29, 0.717) is 39.1 Å². The van der Waals surface area contributed by atoms with Crippen molar-refractivity contribution in [3.05, 3.63) is 95.3 Å². The minimum absolute atomic E-state index is 0.134. The summed E-state index contributed by atoms with van der Waals surface area (Å²) < 4.78 is 0. The predicted molar refractivity (Wildman–Crippen MR) is 121 cm³/mol. The zero-order valence-corrected chi connectivity index (χ0v) is 16.9. The van der Waals surface area contributed by atoms with Crippen molar-refractivity contribution >= 4 is 34.1 Å². The Hall–Kier alpha value is -4.26. The van der Waals surface area contributed by atoms with Crippen LogP contribution in [0.5, 0.6) is 0 Å². The number of primary amides is 1. The molecule has 4 rings (SSSR count). The first kappa shape index (κ1) is 20.0. The number of aromatic nitrogens is 2. The van der Waals surface area contributed by atoms with E-state index >= 15 is 0 Å². The summed E-state index contributed by atoms with van der Waals surface area (Å²) in [7, 11) is 0. The van der Waals surface area contributed by atoms with Crippen molar-refractivity contribution in [1.29, 1.82) is 0 Å². The van der Waals surface area contributed by atoms with Gasteiger partial charge in [0.1, 0.15) is 12.1 Å². The number of nitrogen functional groups attached to an aromatic ring is 1. The Labute approximate surface area is 179 Å². The third-order valence-corrected chi connectivity index (χ3v) is 5.17. The van der Waals surface area contributed by atoms with Crippen molar-refractivity contribution in [2.45, 2.75) is 13.0 Å². The van der Waals surface area contributed by atoms with E-state index in [0.717, 1.165) is 5.56 Å². The average Bonchev–Trinajstić information content (AvgIpc) is 2.79. The third-order valence-electron chi connectivity index (χ3n) is 5.17. The van der Waals surface area contributed by atoms with Gasteiger partial charge in [0, 0.05) is 22.2 Å². The summed E-state index contributed by atoms with van der Waals surface area (Å²) in [4.78, 5) is 33.2. The first-order chi connectivity index (χ1) is 15.0. The second-order valence-electron chi connectivity index (χ2n) is 7.16. The molecule has 0 saturated heterocycles. The second-order valence-corrected chi connectivity index (χ2v) is 7.16. The van der Waals surface area contributed by atoms with E-state index in [2.05, 4.69) is 15.3 Å². The number of ketones is 1. The lowest BCUT2D eigenvalue weighted by atomic mass is 9.96. The van der Waals surface area contributed by atoms with Crippen LogP contribution in [0.25, 0.3) is 10.9 Å². The molecule has 1 heterocycles. The van der Waals surface area contributed by atoms with Crippen molar-refractivity contribution in [3.8, 4) is 0 Å². The van der Waals surface area contributed by atoms with Crippen molar-refractivity contribution in [3.63, 3.8) is 0 Å². The summed E-state index contributed by atoms with van der Waals surface area (Å²) >= 11 is 0. The van der Waals surface area contributed by atoms with Crippen molar-refractivity contribution < 1.29 is 9.59 Å². The molecule has 0 radical (unpaired) electrons. The smallest absolute Gasteiger partial charge is 0.250 e. The number of nitrogens with two attached hydrogens (primary N) is 2. The van der Waals surface area contributed by atoms with Gasteiger partial charge in [-0.2, -0.15) is 0 Å². The summed E-state index contributed by atoms with van der Waals surface area (Å²) in [5, 5.41) is 3.99. The maximum atomic E-state index is 12.9. The van der Waals surface area contributed by atoms with Gasteiger partial charge in [-0.3, -0.25) is 9.59 Å². The number of benzene rings is 3. The van der Waals surface area contributed by atoms with Gasteiger partial charge < -0.3 is 16.8 Å². The second kappa shape index (κ2) is 8.23. The Morgan fingerprint density at radius 3 is 2.35 bits per heavy atom. The summed E-state index contributed by atoms with van der Waals surface area (Å²) in [6.45, 7) is 1.92. The number of nitrogens with one attached hydrogen (secondary N) is 1. The van der Waals surface area contributed by atoms with Gasteiger partial charge in [-0.1, -0.05) is 48.5 Å². The molecule has 1 unspecified atom stereocenters. The molecule has 1 aromatic heterocycles. The van der Waals surface area contributed by atoms with E-state index in [1.165, 1.54) is 6.33 Å². The summed E-state index contributed by atoms with van der Waals surface area (Å²) in [5.74, 6) is -0.148. The normalized spacial score (nSPS) is 11.8. The highest BCUT2D eigenvalue weighted by atomic mass is 16.1. The number of hydrogen-bond donors (Lipinski definition) is 3. The molecule has 0 aliphatic carbocycles. The number of fused-ring (bicyclic) bond motifs is 1. The van der Waals surface area contributed by atoms with Crippen LogP contribution in [0.3, 0.4) is 0 Å². The first-order valence-corrected chi connectivity index (χ1v) is 9.75. The highest BCUT2D eigenvalue weighted by Crippen LogP contribution is 2.30. The summed E-state index contributed by atoms with van der Waals surface area (Å²) in [6, 6.07) is 19.3. The van der Waals surface area contributed by atoms with Crippen molar-refractivity contribution in [2.24, 2.45) is 5.73 Å². The fourth-order valence-electron chi connectivity index (χ4n) is 3.59. The van der Waals surface area contributed by atoms with Crippen molar-refractivity contribution in [2.75, 3.05) is 11.1 Å². The maximum absolute atomic E-state index is 12.9. The van der Waals surface area contributed by atoms with E-state index in [1.54, 1.807) is 30.3 Å². The van der Waals surface area contributed by atoms with Gasteiger partial charge >= 0.3 is 0 Å². The van der Waals surface area contributed by atoms with Crippen LogP contribution in [0, 0.1) is 0 Å². The molecule has 0 aliphatic rings. The van der Waals surface area contributed by atoms with Crippen molar-refractivity contribution in [1.82, 2.24) is 9.97 Å². The SMILES string of the molecule is CC(Nc1ncnc2c(C(N)=O)cccc12)c1cccc(C(=O)c2ccccc2)c1N. The van der Waals surface area contributed by atoms with Gasteiger partial charge in [0.15, 0.2) is 5.78 Å². The van der Waals surface area contributed by atoms with Gasteiger partial charge in [0.2, 0.25) is 0 Å². The zero-order chi connectivity index (χ0) is 22.0. The van der Waals surface area contributed by atoms with Gasteiger partial charge in [-0.05, 0) is 30.7 Å². The van der Waals surface area contributed by atoms with Gasteiger partial charge in [0.05, 0.1) is 17.1 Å². The lowest BCUT2D eigenvalue weighted by molar-refractivity contribution is 0.1000. The molecule has 3 aromatic carbocycles. The van der Waals surface area contributed by atoms with E-state index in [1.807, 2.05) is 43.3 Å². The lowest BCUT2D eigenvalue weighted by Gasteiger charge is -2.19. The van der Waals surface area contributed by atoms with Gasteiger partial charge in [-0.15, -0.1) is 0 Å². The largest absolute Gasteiger partial charge is 0.398 e. The molecule has 0 aliphatic heterocycles. The lowest BCUT2D eigenvalue weighted by Crippen LogP contribution is -2.15. The zero-order valence-electron chi connectivity index (χ0n) is 16.9. The number of anilines is 2. The van der Waals surface area contributed by atoms with Crippen LogP contribution in [0.1, 0.15) is 44.8 Å². The number of carbonyl (C=O) groups excluding carboxylic acids is 2. The van der Waals surface area contributed by atoms with Crippen LogP contribution in [-0.4, -0.2) is 21.7 Å². The minimum atomic E-state index is -0.556. The third kappa shape index (κ3) is 3.81. The highest BCUT2D eigenvalue weighted by Gasteiger charge is 2.19. The number of rotatable bonds is 6. The fourth-order valence-corrected chi connectivity index (χ4v) is 3.59. The molecule has 7 heteroatoms. The molecule has 154 valence electrons. The van der Waals surface area contributed by atoms with E-state index in [-0.39, 0.29) is 11.8 Å². The molecule has 4 aromatic rings. The molecular weight excluding hydrogens is 390 g/mol. The Bertz CT molecular complexity index is 1290. The fraction of sp³-hybridized carbons (Fsp3) is 0.0833. The molecule has 0 spiro atoms. The molecule has 5 N–H and O–H groups in total. The summed E-state index contributed by atoms with van der Waals surface area (Å²) in [5.41, 5.74) is 14.9. The van der Waals surface area contributed by atoms with Crippen LogP contribution in [-0.2, 0) is 0 Å². The summed E-state index contributed by atoms with van der Waals surface area (Å²) in [6.07, 6.45) is 1.38. The minimum Gasteiger partial charge on any atom is -0.398 e. The first-order valence-electron chi connectivity index (χ1n) is 9.75. The molecule has 0 bridgehead atoms. The molecule has 1 atom stereocenters. The Kier molecular flexibility index (Phi) is 5.32. The number of nitrogens with zero attached hydrogens (tertiary/aromatic N) is 2. The van der Waals surface area contributed by atoms with E-state index in [9.17, 15) is 9.59 Å². The molecule has 0 saturated carbocycles. The number of para-hydroxylation sites is 2. The Morgan fingerprint density at radius 1 is 0.903 bits per heavy atom. The number of carbonyl (C=O) groups is 2. The molecule has 7 nitrogen and oxygen atoms in total. The average molecular weight is 411 g/mol. The Balaban J connectivity index is 1.69. The van der Waals surface area contributed by atoms with Crippen LogP contribution in [0.2, 0.25) is 0 Å². The van der Waals surface area contributed by atoms with Gasteiger partial charge in [-0.25, -0.2) is 9.97 Å². The Morgan fingerprint density at radius 2 is 1.61 bits per heavy atom. The van der Waals surface area contributed by atoms with Crippen LogP contribution in [0.15, 0.2) is 73.1 Å². The monoisotopic (exact) mass is 411 g/mol. The highest BCUT2D eigenvalue weighted by molar-refractivity contribution is 6.12.